The van der Waals surface area contributed by atoms with Gasteiger partial charge in [-0.1, -0.05) is 60.7 Å². The highest BCUT2D eigenvalue weighted by molar-refractivity contribution is 7.14. The first-order chi connectivity index (χ1) is 16.0. The number of halogens is 1. The molecule has 0 saturated carbocycles. The number of carbonyl (C=O) groups is 2. The molecule has 33 heavy (non-hydrogen) atoms. The van der Waals surface area contributed by atoms with Crippen LogP contribution in [0.15, 0.2) is 84.2 Å². The number of aromatic nitrogens is 1. The van der Waals surface area contributed by atoms with Crippen LogP contribution in [0.1, 0.15) is 22.8 Å². The van der Waals surface area contributed by atoms with Gasteiger partial charge in [-0.3, -0.25) is 14.5 Å². The first-order valence-electron chi connectivity index (χ1n) is 10.4. The van der Waals surface area contributed by atoms with E-state index in [9.17, 15) is 14.0 Å². The van der Waals surface area contributed by atoms with Gasteiger partial charge in [0.25, 0.3) is 5.91 Å². The van der Waals surface area contributed by atoms with Crippen LogP contribution in [-0.4, -0.2) is 23.3 Å². The summed E-state index contributed by atoms with van der Waals surface area (Å²) in [6.07, 6.45) is 0.583. The third kappa shape index (κ3) is 5.51. The van der Waals surface area contributed by atoms with E-state index < -0.39 is 11.7 Å². The third-order valence-corrected chi connectivity index (χ3v) is 5.89. The average molecular weight is 460 g/mol. The van der Waals surface area contributed by atoms with E-state index in [0.717, 1.165) is 16.8 Å². The Hall–Kier alpha value is -3.84. The van der Waals surface area contributed by atoms with Gasteiger partial charge in [-0.2, -0.15) is 0 Å². The van der Waals surface area contributed by atoms with Crippen molar-refractivity contribution >= 4 is 34.0 Å². The molecule has 1 aromatic heterocycles. The van der Waals surface area contributed by atoms with Gasteiger partial charge in [0, 0.05) is 30.1 Å². The van der Waals surface area contributed by atoms with Crippen LogP contribution in [0.4, 0.5) is 15.2 Å². The maximum Gasteiger partial charge on any atom is 0.263 e. The lowest BCUT2D eigenvalue weighted by molar-refractivity contribution is -0.114. The molecule has 0 spiro atoms. The summed E-state index contributed by atoms with van der Waals surface area (Å²) in [5, 5.41) is 4.97. The number of hydrogen-bond acceptors (Lipinski definition) is 4. The number of amides is 2. The van der Waals surface area contributed by atoms with Crippen LogP contribution in [0.5, 0.6) is 0 Å². The molecule has 0 saturated heterocycles. The Labute approximate surface area is 195 Å². The van der Waals surface area contributed by atoms with Crippen LogP contribution in [0.25, 0.3) is 11.3 Å². The number of benzene rings is 3. The highest BCUT2D eigenvalue weighted by Crippen LogP contribution is 2.29. The predicted octanol–water partition coefficient (Wildman–Crippen LogP) is 5.80. The van der Waals surface area contributed by atoms with Crippen molar-refractivity contribution in [3.05, 3.63) is 101 Å². The van der Waals surface area contributed by atoms with E-state index in [1.807, 2.05) is 66.0 Å². The van der Waals surface area contributed by atoms with E-state index in [1.165, 1.54) is 41.4 Å². The Morgan fingerprint density at radius 2 is 1.70 bits per heavy atom. The molecule has 1 heterocycles. The molecular weight excluding hydrogens is 437 g/mol. The van der Waals surface area contributed by atoms with Crippen molar-refractivity contribution in [2.75, 3.05) is 16.8 Å². The zero-order chi connectivity index (χ0) is 23.2. The van der Waals surface area contributed by atoms with Crippen molar-refractivity contribution in [2.45, 2.75) is 13.3 Å². The lowest BCUT2D eigenvalue weighted by Gasteiger charge is -2.21. The summed E-state index contributed by atoms with van der Waals surface area (Å²) >= 11 is 1.33. The van der Waals surface area contributed by atoms with Crippen LogP contribution in [-0.2, 0) is 11.2 Å². The molecule has 0 fully saturated rings. The second-order valence-electron chi connectivity index (χ2n) is 7.45. The number of hydrogen-bond donors (Lipinski definition) is 1. The van der Waals surface area contributed by atoms with Gasteiger partial charge in [-0.25, -0.2) is 9.37 Å². The lowest BCUT2D eigenvalue weighted by Crippen LogP contribution is -2.33. The van der Waals surface area contributed by atoms with Crippen LogP contribution < -0.4 is 10.2 Å². The second kappa shape index (κ2) is 10.2. The number of nitrogens with zero attached hydrogens (tertiary/aromatic N) is 2. The van der Waals surface area contributed by atoms with E-state index in [4.69, 9.17) is 0 Å². The Kier molecular flexibility index (Phi) is 6.90. The molecule has 2 amide bonds. The summed E-state index contributed by atoms with van der Waals surface area (Å²) in [6.45, 7) is 1.69. The molecule has 7 heteroatoms. The number of rotatable bonds is 7. The van der Waals surface area contributed by atoms with Crippen molar-refractivity contribution in [3.63, 3.8) is 0 Å². The summed E-state index contributed by atoms with van der Waals surface area (Å²) in [4.78, 5) is 31.1. The summed E-state index contributed by atoms with van der Waals surface area (Å²) in [7, 11) is 0. The summed E-state index contributed by atoms with van der Waals surface area (Å²) in [5.41, 5.74) is 2.99. The van der Waals surface area contributed by atoms with Gasteiger partial charge in [0.05, 0.1) is 11.3 Å². The van der Waals surface area contributed by atoms with Gasteiger partial charge in [0.1, 0.15) is 5.82 Å². The minimum atomic E-state index is -0.654. The smallest absolute Gasteiger partial charge is 0.263 e. The van der Waals surface area contributed by atoms with E-state index >= 15 is 0 Å². The number of thiazole rings is 1. The fourth-order valence-corrected chi connectivity index (χ4v) is 4.27. The Morgan fingerprint density at radius 3 is 2.39 bits per heavy atom. The maximum absolute atomic E-state index is 14.7. The van der Waals surface area contributed by atoms with Crippen molar-refractivity contribution in [1.29, 1.82) is 0 Å². The standard InChI is InChI=1S/C26H22FN3O2S/c1-18(31)28-21-12-13-23(27)22(16-21)25(32)30(15-14-19-8-4-2-5-9-19)26-29-24(17-33-26)20-10-6-3-7-11-20/h2-13,16-17H,14-15H2,1H3,(H,28,31). The molecule has 1 N–H and O–H groups in total. The fourth-order valence-electron chi connectivity index (χ4n) is 3.41. The molecule has 0 unspecified atom stereocenters. The van der Waals surface area contributed by atoms with Gasteiger partial charge in [-0.05, 0) is 30.2 Å². The highest BCUT2D eigenvalue weighted by Gasteiger charge is 2.24. The summed E-state index contributed by atoms with van der Waals surface area (Å²) in [5.74, 6) is -1.46. The second-order valence-corrected chi connectivity index (χ2v) is 8.29. The minimum Gasteiger partial charge on any atom is -0.326 e. The number of anilines is 2. The van der Waals surface area contributed by atoms with Crippen LogP contribution in [0.3, 0.4) is 0 Å². The van der Waals surface area contributed by atoms with E-state index in [1.54, 1.807) is 0 Å². The van der Waals surface area contributed by atoms with Crippen molar-refractivity contribution in [3.8, 4) is 11.3 Å². The number of nitrogens with one attached hydrogen (secondary N) is 1. The Balaban J connectivity index is 1.68. The zero-order valence-corrected chi connectivity index (χ0v) is 18.8. The maximum atomic E-state index is 14.7. The molecule has 3 aromatic carbocycles. The van der Waals surface area contributed by atoms with Gasteiger partial charge >= 0.3 is 0 Å². The van der Waals surface area contributed by atoms with Gasteiger partial charge in [0.15, 0.2) is 5.13 Å². The van der Waals surface area contributed by atoms with Gasteiger partial charge in [-0.15, -0.1) is 11.3 Å². The van der Waals surface area contributed by atoms with E-state index in [2.05, 4.69) is 10.3 Å². The normalized spacial score (nSPS) is 10.6. The third-order valence-electron chi connectivity index (χ3n) is 5.02. The molecule has 0 aliphatic rings. The van der Waals surface area contributed by atoms with Crippen molar-refractivity contribution < 1.29 is 14.0 Å². The molecule has 0 radical (unpaired) electrons. The first kappa shape index (κ1) is 22.4. The topological polar surface area (TPSA) is 62.3 Å². The molecular formula is C26H22FN3O2S. The van der Waals surface area contributed by atoms with Gasteiger partial charge in [0.2, 0.25) is 5.91 Å². The fraction of sp³-hybridized carbons (Fsp3) is 0.115. The molecule has 5 nitrogen and oxygen atoms in total. The molecule has 166 valence electrons. The average Bonchev–Trinajstić information content (AvgIpc) is 3.31. The summed E-state index contributed by atoms with van der Waals surface area (Å²) in [6, 6.07) is 23.4. The molecule has 4 rings (SSSR count). The lowest BCUT2D eigenvalue weighted by atomic mass is 10.1. The van der Waals surface area contributed by atoms with Crippen LogP contribution in [0, 0.1) is 5.82 Å². The van der Waals surface area contributed by atoms with Crippen molar-refractivity contribution in [1.82, 2.24) is 4.98 Å². The quantitative estimate of drug-likeness (QED) is 0.380. The van der Waals surface area contributed by atoms with Gasteiger partial charge < -0.3 is 5.32 Å². The van der Waals surface area contributed by atoms with Crippen LogP contribution in [0.2, 0.25) is 0 Å². The number of carbonyl (C=O) groups excluding carboxylic acids is 2. The first-order valence-corrected chi connectivity index (χ1v) is 11.3. The SMILES string of the molecule is CC(=O)Nc1ccc(F)c(C(=O)N(CCc2ccccc2)c2nc(-c3ccccc3)cs2)c1. The molecule has 0 aliphatic carbocycles. The summed E-state index contributed by atoms with van der Waals surface area (Å²) < 4.78 is 14.7. The Morgan fingerprint density at radius 1 is 1.00 bits per heavy atom. The minimum absolute atomic E-state index is 0.120. The predicted molar refractivity (Wildman–Crippen MR) is 130 cm³/mol. The molecule has 0 atom stereocenters. The Bertz CT molecular complexity index is 1260. The largest absolute Gasteiger partial charge is 0.326 e. The monoisotopic (exact) mass is 459 g/mol. The zero-order valence-electron chi connectivity index (χ0n) is 18.0. The van der Waals surface area contributed by atoms with Crippen molar-refractivity contribution in [2.24, 2.45) is 0 Å². The van der Waals surface area contributed by atoms with Crippen LogP contribution >= 0.6 is 11.3 Å². The molecule has 0 bridgehead atoms. The van der Waals surface area contributed by atoms with E-state index in [0.29, 0.717) is 23.8 Å². The molecule has 0 aliphatic heterocycles. The van der Waals surface area contributed by atoms with E-state index in [-0.39, 0.29) is 11.5 Å². The molecule has 4 aromatic rings. The highest BCUT2D eigenvalue weighted by atomic mass is 32.1.